The Balaban J connectivity index is 1.81. The molecule has 22 heavy (non-hydrogen) atoms. The van der Waals surface area contributed by atoms with Crippen molar-refractivity contribution < 1.29 is 4.79 Å². The second-order valence-electron chi connectivity index (χ2n) is 6.00. The summed E-state index contributed by atoms with van der Waals surface area (Å²) in [4.78, 5) is 23.2. The Morgan fingerprint density at radius 3 is 2.64 bits per heavy atom. The lowest BCUT2D eigenvalue weighted by Crippen LogP contribution is -2.39. The first-order valence-corrected chi connectivity index (χ1v) is 7.80. The average molecular weight is 298 g/mol. The third-order valence-electron chi connectivity index (χ3n) is 4.43. The van der Waals surface area contributed by atoms with Crippen LogP contribution in [0.1, 0.15) is 24.1 Å². The van der Waals surface area contributed by atoms with E-state index in [0.717, 1.165) is 48.5 Å². The van der Waals surface area contributed by atoms with Gasteiger partial charge in [-0.2, -0.15) is 0 Å². The molecule has 0 aliphatic carbocycles. The molecule has 1 fully saturated rings. The summed E-state index contributed by atoms with van der Waals surface area (Å²) in [5.74, 6) is 1.24. The number of carbonyl (C=O) groups excluding carboxylic acids is 1. The number of hydrogen-bond donors (Lipinski definition) is 1. The molecule has 2 aromatic rings. The largest absolute Gasteiger partial charge is 0.359 e. The molecule has 1 aliphatic rings. The number of rotatable bonds is 2. The van der Waals surface area contributed by atoms with Crippen molar-refractivity contribution in [1.29, 1.82) is 0 Å². The van der Waals surface area contributed by atoms with Gasteiger partial charge in [-0.05, 0) is 50.5 Å². The molecule has 0 aromatic carbocycles. The van der Waals surface area contributed by atoms with Crippen LogP contribution in [0, 0.1) is 19.8 Å². The minimum atomic E-state index is 0.129. The molecule has 0 radical (unpaired) electrons. The molecule has 5 heteroatoms. The number of nitrogens with zero attached hydrogens (tertiary/aromatic N) is 3. The number of piperidine rings is 1. The van der Waals surface area contributed by atoms with Crippen LogP contribution in [0.4, 0.5) is 5.82 Å². The van der Waals surface area contributed by atoms with Gasteiger partial charge in [-0.1, -0.05) is 0 Å². The topological polar surface area (TPSA) is 58.1 Å². The summed E-state index contributed by atoms with van der Waals surface area (Å²) in [6.45, 7) is 5.81. The summed E-state index contributed by atoms with van der Waals surface area (Å²) in [7, 11) is 1.70. The summed E-state index contributed by atoms with van der Waals surface area (Å²) < 4.78 is 0. The van der Waals surface area contributed by atoms with E-state index in [-0.39, 0.29) is 11.8 Å². The monoisotopic (exact) mass is 298 g/mol. The highest BCUT2D eigenvalue weighted by atomic mass is 16.1. The molecule has 3 rings (SSSR count). The molecule has 1 aliphatic heterocycles. The first kappa shape index (κ1) is 14.8. The fraction of sp³-hybridized carbons (Fsp3) is 0.471. The zero-order chi connectivity index (χ0) is 15.7. The molecule has 0 bridgehead atoms. The molecular weight excluding hydrogens is 276 g/mol. The third-order valence-corrected chi connectivity index (χ3v) is 4.43. The van der Waals surface area contributed by atoms with Crippen LogP contribution in [0.5, 0.6) is 0 Å². The smallest absolute Gasteiger partial charge is 0.222 e. The lowest BCUT2D eigenvalue weighted by Gasteiger charge is -2.32. The van der Waals surface area contributed by atoms with Crippen molar-refractivity contribution in [3.8, 4) is 0 Å². The van der Waals surface area contributed by atoms with Gasteiger partial charge in [0.05, 0.1) is 0 Å². The number of carbonyl (C=O) groups is 1. The van der Waals surface area contributed by atoms with Gasteiger partial charge in [0.2, 0.25) is 5.91 Å². The number of fused-ring (bicyclic) bond motifs is 1. The molecule has 0 spiro atoms. The Kier molecular flexibility index (Phi) is 3.96. The van der Waals surface area contributed by atoms with Gasteiger partial charge >= 0.3 is 0 Å². The number of pyridine rings is 2. The number of amides is 1. The minimum absolute atomic E-state index is 0.129. The van der Waals surface area contributed by atoms with E-state index in [9.17, 15) is 4.79 Å². The maximum atomic E-state index is 11.7. The van der Waals surface area contributed by atoms with Crippen molar-refractivity contribution in [2.45, 2.75) is 26.7 Å². The SMILES string of the molecule is CNC(=O)C1CCN(c2ccc3c(C)cc(C)nc3n2)CC1. The highest BCUT2D eigenvalue weighted by Crippen LogP contribution is 2.25. The molecule has 1 N–H and O–H groups in total. The van der Waals surface area contributed by atoms with Crippen LogP contribution in [0.3, 0.4) is 0 Å². The van der Waals surface area contributed by atoms with Gasteiger partial charge in [0.1, 0.15) is 5.82 Å². The molecule has 116 valence electrons. The van der Waals surface area contributed by atoms with E-state index in [1.807, 2.05) is 6.92 Å². The Hall–Kier alpha value is -2.17. The Morgan fingerprint density at radius 1 is 1.23 bits per heavy atom. The standard InChI is InChI=1S/C17H22N4O/c1-11-10-12(2)19-16-14(11)4-5-15(20-16)21-8-6-13(7-9-21)17(22)18-3/h4-5,10,13H,6-9H2,1-3H3,(H,18,22). The van der Waals surface area contributed by atoms with E-state index in [4.69, 9.17) is 4.98 Å². The van der Waals surface area contributed by atoms with Crippen LogP contribution < -0.4 is 10.2 Å². The van der Waals surface area contributed by atoms with E-state index in [1.54, 1.807) is 7.05 Å². The molecular formula is C17H22N4O. The van der Waals surface area contributed by atoms with Gasteiger partial charge in [-0.25, -0.2) is 9.97 Å². The number of aryl methyl sites for hydroxylation is 2. The Labute approximate surface area is 130 Å². The van der Waals surface area contributed by atoms with E-state index < -0.39 is 0 Å². The zero-order valence-corrected chi connectivity index (χ0v) is 13.4. The van der Waals surface area contributed by atoms with Crippen molar-refractivity contribution in [2.24, 2.45) is 5.92 Å². The number of anilines is 1. The maximum absolute atomic E-state index is 11.7. The van der Waals surface area contributed by atoms with Gasteiger partial charge in [-0.15, -0.1) is 0 Å². The molecule has 0 unspecified atom stereocenters. The zero-order valence-electron chi connectivity index (χ0n) is 13.4. The predicted molar refractivity (Wildman–Crippen MR) is 88.0 cm³/mol. The first-order valence-electron chi connectivity index (χ1n) is 7.80. The van der Waals surface area contributed by atoms with Crippen LogP contribution in [0.2, 0.25) is 0 Å². The average Bonchev–Trinajstić information content (AvgIpc) is 2.53. The third kappa shape index (κ3) is 2.75. The van der Waals surface area contributed by atoms with Crippen LogP contribution in [0.15, 0.2) is 18.2 Å². The van der Waals surface area contributed by atoms with Gasteiger partial charge in [-0.3, -0.25) is 4.79 Å². The van der Waals surface area contributed by atoms with E-state index in [2.05, 4.69) is 40.3 Å². The minimum Gasteiger partial charge on any atom is -0.359 e. The normalized spacial score (nSPS) is 16.0. The number of aromatic nitrogens is 2. The summed E-state index contributed by atoms with van der Waals surface area (Å²) >= 11 is 0. The first-order chi connectivity index (χ1) is 10.6. The maximum Gasteiger partial charge on any atom is 0.222 e. The molecule has 1 amide bonds. The van der Waals surface area contributed by atoms with E-state index in [1.165, 1.54) is 5.56 Å². The molecule has 3 heterocycles. The van der Waals surface area contributed by atoms with E-state index >= 15 is 0 Å². The summed E-state index contributed by atoms with van der Waals surface area (Å²) in [5.41, 5.74) is 3.01. The summed E-state index contributed by atoms with van der Waals surface area (Å²) in [6.07, 6.45) is 1.75. The highest BCUT2D eigenvalue weighted by molar-refractivity contribution is 5.81. The van der Waals surface area contributed by atoms with Gasteiger partial charge in [0, 0.05) is 37.1 Å². The molecule has 0 atom stereocenters. The number of hydrogen-bond acceptors (Lipinski definition) is 4. The molecule has 2 aromatic heterocycles. The van der Waals surface area contributed by atoms with Crippen molar-refractivity contribution in [1.82, 2.24) is 15.3 Å². The predicted octanol–water partition coefficient (Wildman–Crippen LogP) is 2.21. The fourth-order valence-electron chi connectivity index (χ4n) is 3.17. The van der Waals surface area contributed by atoms with Crippen molar-refractivity contribution in [3.05, 3.63) is 29.5 Å². The van der Waals surface area contributed by atoms with Crippen LogP contribution in [-0.4, -0.2) is 36.0 Å². The molecule has 0 saturated carbocycles. The second kappa shape index (κ2) is 5.91. The quantitative estimate of drug-likeness (QED) is 0.923. The lowest BCUT2D eigenvalue weighted by molar-refractivity contribution is -0.125. The van der Waals surface area contributed by atoms with Gasteiger partial charge < -0.3 is 10.2 Å². The van der Waals surface area contributed by atoms with Crippen LogP contribution >= 0.6 is 0 Å². The van der Waals surface area contributed by atoms with Crippen LogP contribution in [0.25, 0.3) is 11.0 Å². The Bertz CT molecular complexity index is 705. The van der Waals surface area contributed by atoms with Crippen molar-refractivity contribution in [2.75, 3.05) is 25.0 Å². The Morgan fingerprint density at radius 2 is 1.95 bits per heavy atom. The summed E-state index contributed by atoms with van der Waals surface area (Å²) in [5, 5.41) is 3.85. The van der Waals surface area contributed by atoms with E-state index in [0.29, 0.717) is 0 Å². The second-order valence-corrected chi connectivity index (χ2v) is 6.00. The molecule has 5 nitrogen and oxygen atoms in total. The summed E-state index contributed by atoms with van der Waals surface area (Å²) in [6, 6.07) is 6.25. The fourth-order valence-corrected chi connectivity index (χ4v) is 3.17. The number of nitrogens with one attached hydrogen (secondary N) is 1. The highest BCUT2D eigenvalue weighted by Gasteiger charge is 2.24. The lowest BCUT2D eigenvalue weighted by atomic mass is 9.96. The van der Waals surface area contributed by atoms with Crippen molar-refractivity contribution in [3.63, 3.8) is 0 Å². The van der Waals surface area contributed by atoms with Gasteiger partial charge in [0.15, 0.2) is 5.65 Å². The van der Waals surface area contributed by atoms with Crippen LogP contribution in [-0.2, 0) is 4.79 Å². The van der Waals surface area contributed by atoms with Gasteiger partial charge in [0.25, 0.3) is 0 Å². The molecule has 1 saturated heterocycles. The van der Waals surface area contributed by atoms with Crippen molar-refractivity contribution >= 4 is 22.8 Å².